The summed E-state index contributed by atoms with van der Waals surface area (Å²) in [5.74, 6) is 4.14. The molecule has 116 valence electrons. The molecule has 2 fully saturated rings. The van der Waals surface area contributed by atoms with Gasteiger partial charge in [0.05, 0.1) is 12.7 Å². The Morgan fingerprint density at radius 2 is 1.80 bits per heavy atom. The molecule has 1 saturated heterocycles. The van der Waals surface area contributed by atoms with Gasteiger partial charge in [0.25, 0.3) is 0 Å². The van der Waals surface area contributed by atoms with Gasteiger partial charge in [-0.2, -0.15) is 0 Å². The summed E-state index contributed by atoms with van der Waals surface area (Å²) in [6, 6.07) is 0. The molecule has 1 heteroatoms. The minimum Gasteiger partial charge on any atom is -0.378 e. The zero-order chi connectivity index (χ0) is 14.7. The highest BCUT2D eigenvalue weighted by molar-refractivity contribution is 5.04. The van der Waals surface area contributed by atoms with Crippen LogP contribution in [0.25, 0.3) is 0 Å². The van der Waals surface area contributed by atoms with E-state index in [1.54, 1.807) is 0 Å². The van der Waals surface area contributed by atoms with Gasteiger partial charge in [0.1, 0.15) is 0 Å². The lowest BCUT2D eigenvalue weighted by Crippen LogP contribution is -2.31. The third kappa shape index (κ3) is 4.10. The molecule has 1 nitrogen and oxygen atoms in total. The van der Waals surface area contributed by atoms with Crippen molar-refractivity contribution in [3.05, 3.63) is 12.2 Å². The van der Waals surface area contributed by atoms with Crippen LogP contribution < -0.4 is 0 Å². The largest absolute Gasteiger partial charge is 0.378 e. The van der Waals surface area contributed by atoms with E-state index in [9.17, 15) is 0 Å². The van der Waals surface area contributed by atoms with Crippen molar-refractivity contribution in [2.24, 2.45) is 29.6 Å². The highest BCUT2D eigenvalue weighted by Gasteiger charge is 2.30. The SMILES string of the molecule is C=C(CCC1CC(C)CCC1C)C1CC(C)OCC1C. The molecular formula is C19H34O. The second kappa shape index (κ2) is 7.11. The van der Waals surface area contributed by atoms with Crippen molar-refractivity contribution in [2.75, 3.05) is 6.61 Å². The van der Waals surface area contributed by atoms with Crippen LogP contribution in [-0.4, -0.2) is 12.7 Å². The van der Waals surface area contributed by atoms with Crippen molar-refractivity contribution < 1.29 is 4.74 Å². The number of ether oxygens (including phenoxy) is 1. The summed E-state index contributed by atoms with van der Waals surface area (Å²) >= 11 is 0. The normalized spacial score (nSPS) is 42.4. The Hall–Kier alpha value is -0.300. The molecule has 0 N–H and O–H groups in total. The van der Waals surface area contributed by atoms with Crippen LogP contribution in [0.5, 0.6) is 0 Å². The molecule has 1 aliphatic carbocycles. The van der Waals surface area contributed by atoms with Gasteiger partial charge in [-0.05, 0) is 62.2 Å². The molecule has 0 amide bonds. The molecule has 0 bridgehead atoms. The van der Waals surface area contributed by atoms with Crippen LogP contribution >= 0.6 is 0 Å². The summed E-state index contributed by atoms with van der Waals surface area (Å²) < 4.78 is 5.75. The van der Waals surface area contributed by atoms with Gasteiger partial charge in [0.2, 0.25) is 0 Å². The maximum atomic E-state index is 5.75. The van der Waals surface area contributed by atoms with Crippen molar-refractivity contribution in [2.45, 2.75) is 72.3 Å². The van der Waals surface area contributed by atoms with Gasteiger partial charge in [-0.15, -0.1) is 0 Å². The van der Waals surface area contributed by atoms with E-state index in [4.69, 9.17) is 4.74 Å². The third-order valence-electron chi connectivity index (χ3n) is 5.90. The quantitative estimate of drug-likeness (QED) is 0.621. The van der Waals surface area contributed by atoms with Crippen LogP contribution in [0.4, 0.5) is 0 Å². The molecule has 1 heterocycles. The third-order valence-corrected chi connectivity index (χ3v) is 5.90. The zero-order valence-electron chi connectivity index (χ0n) is 14.0. The Labute approximate surface area is 126 Å². The molecule has 2 aliphatic rings. The number of hydrogen-bond donors (Lipinski definition) is 0. The molecule has 6 atom stereocenters. The predicted octanol–water partition coefficient (Wildman–Crippen LogP) is 5.46. The molecule has 0 aromatic heterocycles. The van der Waals surface area contributed by atoms with Crippen molar-refractivity contribution in [1.82, 2.24) is 0 Å². The van der Waals surface area contributed by atoms with Crippen LogP contribution in [0.1, 0.15) is 66.2 Å². The highest BCUT2D eigenvalue weighted by atomic mass is 16.5. The van der Waals surface area contributed by atoms with Gasteiger partial charge in [-0.25, -0.2) is 0 Å². The topological polar surface area (TPSA) is 9.23 Å². The van der Waals surface area contributed by atoms with Crippen molar-refractivity contribution in [3.8, 4) is 0 Å². The maximum Gasteiger partial charge on any atom is 0.0553 e. The Bertz CT molecular complexity index is 322. The van der Waals surface area contributed by atoms with Gasteiger partial charge in [0.15, 0.2) is 0 Å². The van der Waals surface area contributed by atoms with E-state index in [1.807, 2.05) is 0 Å². The fourth-order valence-electron chi connectivity index (χ4n) is 4.27. The lowest BCUT2D eigenvalue weighted by molar-refractivity contribution is -0.0229. The Morgan fingerprint density at radius 3 is 2.55 bits per heavy atom. The fourth-order valence-corrected chi connectivity index (χ4v) is 4.27. The average Bonchev–Trinajstić information content (AvgIpc) is 2.42. The molecule has 6 unspecified atom stereocenters. The standard InChI is InChI=1S/C19H34O/c1-13-6-7-14(2)18(10-13)9-8-15(3)19-11-17(5)20-12-16(19)4/h13-14,16-19H,3,6-12H2,1-2,4-5H3. The first kappa shape index (κ1) is 16.1. The van der Waals surface area contributed by atoms with E-state index in [2.05, 4.69) is 34.3 Å². The number of hydrogen-bond acceptors (Lipinski definition) is 1. The van der Waals surface area contributed by atoms with E-state index in [-0.39, 0.29) is 0 Å². The molecule has 0 spiro atoms. The van der Waals surface area contributed by atoms with Gasteiger partial charge in [0, 0.05) is 0 Å². The zero-order valence-corrected chi connectivity index (χ0v) is 14.0. The second-order valence-corrected chi connectivity index (χ2v) is 7.82. The van der Waals surface area contributed by atoms with Crippen LogP contribution in [0.2, 0.25) is 0 Å². The highest BCUT2D eigenvalue weighted by Crippen LogP contribution is 2.39. The summed E-state index contributed by atoms with van der Waals surface area (Å²) in [6.45, 7) is 14.8. The van der Waals surface area contributed by atoms with Gasteiger partial charge >= 0.3 is 0 Å². The minimum absolute atomic E-state index is 0.418. The molecule has 0 radical (unpaired) electrons. The van der Waals surface area contributed by atoms with Crippen LogP contribution in [0.3, 0.4) is 0 Å². The minimum atomic E-state index is 0.418. The van der Waals surface area contributed by atoms with Crippen LogP contribution in [0.15, 0.2) is 12.2 Å². The van der Waals surface area contributed by atoms with Crippen molar-refractivity contribution >= 4 is 0 Å². The second-order valence-electron chi connectivity index (χ2n) is 7.82. The molecule has 20 heavy (non-hydrogen) atoms. The Balaban J connectivity index is 1.81. The van der Waals surface area contributed by atoms with E-state index >= 15 is 0 Å². The summed E-state index contributed by atoms with van der Waals surface area (Å²) in [4.78, 5) is 0. The summed E-state index contributed by atoms with van der Waals surface area (Å²) in [6.07, 6.45) is 8.51. The molecule has 0 aromatic rings. The van der Waals surface area contributed by atoms with Gasteiger partial charge in [-0.3, -0.25) is 0 Å². The molecular weight excluding hydrogens is 244 g/mol. The number of rotatable bonds is 4. The summed E-state index contributed by atoms with van der Waals surface area (Å²) in [5.41, 5.74) is 1.50. The lowest BCUT2D eigenvalue weighted by atomic mass is 9.72. The van der Waals surface area contributed by atoms with Crippen LogP contribution in [-0.2, 0) is 4.74 Å². The molecule has 1 saturated carbocycles. The van der Waals surface area contributed by atoms with E-state index in [0.717, 1.165) is 24.4 Å². The Morgan fingerprint density at radius 1 is 1.05 bits per heavy atom. The van der Waals surface area contributed by atoms with E-state index < -0.39 is 0 Å². The van der Waals surface area contributed by atoms with Crippen molar-refractivity contribution in [3.63, 3.8) is 0 Å². The molecule has 2 rings (SSSR count). The molecule has 0 aromatic carbocycles. The fraction of sp³-hybridized carbons (Fsp3) is 0.895. The van der Waals surface area contributed by atoms with Crippen LogP contribution in [0, 0.1) is 29.6 Å². The average molecular weight is 278 g/mol. The molecule has 1 aliphatic heterocycles. The van der Waals surface area contributed by atoms with Gasteiger partial charge < -0.3 is 4.74 Å². The Kier molecular flexibility index (Phi) is 5.72. The monoisotopic (exact) mass is 278 g/mol. The van der Waals surface area contributed by atoms with Gasteiger partial charge in [-0.1, -0.05) is 45.8 Å². The first-order valence-electron chi connectivity index (χ1n) is 8.76. The lowest BCUT2D eigenvalue weighted by Gasteiger charge is -2.36. The summed E-state index contributed by atoms with van der Waals surface area (Å²) in [7, 11) is 0. The number of allylic oxidation sites excluding steroid dienone is 1. The maximum absolute atomic E-state index is 5.75. The van der Waals surface area contributed by atoms with Crippen molar-refractivity contribution in [1.29, 1.82) is 0 Å². The van der Waals surface area contributed by atoms with E-state index in [1.165, 1.54) is 44.1 Å². The van der Waals surface area contributed by atoms with E-state index in [0.29, 0.717) is 17.9 Å². The smallest absolute Gasteiger partial charge is 0.0553 e. The first-order chi connectivity index (χ1) is 9.47. The first-order valence-corrected chi connectivity index (χ1v) is 8.76. The predicted molar refractivity (Wildman–Crippen MR) is 86.7 cm³/mol. The summed E-state index contributed by atoms with van der Waals surface area (Å²) in [5, 5.41) is 0.